The van der Waals surface area contributed by atoms with E-state index in [1.807, 2.05) is 41.1 Å². The number of fused-ring (bicyclic) bond motifs is 1. The van der Waals surface area contributed by atoms with Gasteiger partial charge in [-0.1, -0.05) is 41.9 Å². The zero-order valence-corrected chi connectivity index (χ0v) is 15.8. The zero-order chi connectivity index (χ0) is 19.3. The Morgan fingerprint density at radius 2 is 1.93 bits per heavy atom. The summed E-state index contributed by atoms with van der Waals surface area (Å²) in [5, 5.41) is 3.28. The molecule has 0 aliphatic carbocycles. The number of halogens is 1. The molecule has 2 aromatic carbocycles. The third-order valence-electron chi connectivity index (χ3n) is 4.37. The fourth-order valence-corrected chi connectivity index (χ4v) is 3.18. The van der Waals surface area contributed by atoms with E-state index in [1.54, 1.807) is 30.7 Å². The number of carbonyl (C=O) groups excluding carboxylic acids is 1. The Morgan fingerprint density at radius 1 is 1.07 bits per heavy atom. The molecule has 28 heavy (non-hydrogen) atoms. The van der Waals surface area contributed by atoms with E-state index in [0.29, 0.717) is 34.0 Å². The molecular formula is C21H18ClN5O. The van der Waals surface area contributed by atoms with Crippen molar-refractivity contribution in [2.45, 2.75) is 13.0 Å². The number of carbonyl (C=O) groups is 1. The van der Waals surface area contributed by atoms with Gasteiger partial charge in [0, 0.05) is 36.6 Å². The number of benzene rings is 2. The van der Waals surface area contributed by atoms with Crippen LogP contribution in [0.4, 0.5) is 0 Å². The van der Waals surface area contributed by atoms with Crippen molar-refractivity contribution in [1.29, 1.82) is 0 Å². The summed E-state index contributed by atoms with van der Waals surface area (Å²) in [6.45, 7) is 1.39. The van der Waals surface area contributed by atoms with Crippen molar-refractivity contribution in [3.63, 3.8) is 0 Å². The van der Waals surface area contributed by atoms with Gasteiger partial charge in [-0.3, -0.25) is 4.79 Å². The lowest BCUT2D eigenvalue weighted by Gasteiger charge is -2.08. The van der Waals surface area contributed by atoms with E-state index in [1.165, 1.54) is 0 Å². The number of nitrogens with zero attached hydrogens (tertiary/aromatic N) is 4. The van der Waals surface area contributed by atoms with Gasteiger partial charge in [-0.05, 0) is 24.6 Å². The predicted molar refractivity (Wildman–Crippen MR) is 109 cm³/mol. The topological polar surface area (TPSA) is 72.7 Å². The molecule has 0 aliphatic rings. The Balaban J connectivity index is 1.50. The van der Waals surface area contributed by atoms with E-state index < -0.39 is 0 Å². The average Bonchev–Trinajstić information content (AvgIpc) is 3.24. The molecule has 0 atom stereocenters. The van der Waals surface area contributed by atoms with Crippen molar-refractivity contribution < 1.29 is 4.79 Å². The average molecular weight is 392 g/mol. The molecular weight excluding hydrogens is 374 g/mol. The Morgan fingerprint density at radius 3 is 2.71 bits per heavy atom. The number of imidazole rings is 1. The van der Waals surface area contributed by atoms with Crippen LogP contribution in [0.3, 0.4) is 0 Å². The second-order valence-electron chi connectivity index (χ2n) is 6.34. The number of hydrogen-bond acceptors (Lipinski definition) is 4. The molecule has 0 bridgehead atoms. The molecule has 0 fully saturated rings. The van der Waals surface area contributed by atoms with Crippen LogP contribution in [0.25, 0.3) is 22.3 Å². The third-order valence-corrected chi connectivity index (χ3v) is 4.63. The van der Waals surface area contributed by atoms with Crippen LogP contribution in [0.5, 0.6) is 0 Å². The summed E-state index contributed by atoms with van der Waals surface area (Å²) in [5.41, 5.74) is 3.32. The van der Waals surface area contributed by atoms with Gasteiger partial charge in [-0.25, -0.2) is 15.0 Å². The van der Waals surface area contributed by atoms with Gasteiger partial charge in [0.1, 0.15) is 5.69 Å². The molecule has 6 nitrogen and oxygen atoms in total. The highest BCUT2D eigenvalue weighted by Crippen LogP contribution is 2.26. The number of amides is 1. The standard InChI is InChI=1S/C21H18ClN5O/c22-20-19(15-5-2-1-3-6-15)25-18-13-16(7-8-17(18)26-20)21(28)24-9-4-11-27-12-10-23-14-27/h1-3,5-8,10,12-14H,4,9,11H2,(H,24,28). The minimum atomic E-state index is -0.134. The van der Waals surface area contributed by atoms with E-state index in [4.69, 9.17) is 11.6 Å². The maximum absolute atomic E-state index is 12.5. The molecule has 0 unspecified atom stereocenters. The quantitative estimate of drug-likeness (QED) is 0.505. The van der Waals surface area contributed by atoms with Crippen molar-refractivity contribution in [2.24, 2.45) is 0 Å². The van der Waals surface area contributed by atoms with Gasteiger partial charge in [0.15, 0.2) is 5.15 Å². The maximum atomic E-state index is 12.5. The monoisotopic (exact) mass is 391 g/mol. The molecule has 0 saturated heterocycles. The van der Waals surface area contributed by atoms with Gasteiger partial charge in [0.05, 0.1) is 17.4 Å². The van der Waals surface area contributed by atoms with Crippen molar-refractivity contribution >= 4 is 28.5 Å². The number of aryl methyl sites for hydroxylation is 1. The first kappa shape index (κ1) is 18.1. The van der Waals surface area contributed by atoms with Crippen molar-refractivity contribution in [3.8, 4) is 11.3 Å². The second-order valence-corrected chi connectivity index (χ2v) is 6.70. The molecule has 1 amide bonds. The highest BCUT2D eigenvalue weighted by Gasteiger charge is 2.12. The zero-order valence-electron chi connectivity index (χ0n) is 15.0. The van der Waals surface area contributed by atoms with E-state index >= 15 is 0 Å². The van der Waals surface area contributed by atoms with Crippen LogP contribution in [0, 0.1) is 0 Å². The number of nitrogens with one attached hydrogen (secondary N) is 1. The first-order chi connectivity index (χ1) is 13.7. The van der Waals surface area contributed by atoms with Gasteiger partial charge in [-0.15, -0.1) is 0 Å². The summed E-state index contributed by atoms with van der Waals surface area (Å²) in [6, 6.07) is 14.9. The first-order valence-electron chi connectivity index (χ1n) is 8.97. The lowest BCUT2D eigenvalue weighted by atomic mass is 10.1. The van der Waals surface area contributed by atoms with E-state index in [-0.39, 0.29) is 5.91 Å². The van der Waals surface area contributed by atoms with E-state index in [2.05, 4.69) is 20.3 Å². The molecule has 0 aliphatic heterocycles. The fraction of sp³-hybridized carbons (Fsp3) is 0.143. The molecule has 140 valence electrons. The van der Waals surface area contributed by atoms with Crippen LogP contribution < -0.4 is 5.32 Å². The van der Waals surface area contributed by atoms with Crippen molar-refractivity contribution in [1.82, 2.24) is 24.8 Å². The lowest BCUT2D eigenvalue weighted by Crippen LogP contribution is -2.25. The maximum Gasteiger partial charge on any atom is 0.251 e. The minimum absolute atomic E-state index is 0.134. The molecule has 0 radical (unpaired) electrons. The SMILES string of the molecule is O=C(NCCCn1ccnc1)c1ccc2nc(Cl)c(-c3ccccc3)nc2c1. The molecule has 2 aromatic heterocycles. The number of hydrogen-bond donors (Lipinski definition) is 1. The molecule has 2 heterocycles. The Labute approximate surface area is 167 Å². The number of aromatic nitrogens is 4. The summed E-state index contributed by atoms with van der Waals surface area (Å²) in [7, 11) is 0. The van der Waals surface area contributed by atoms with Crippen molar-refractivity contribution in [2.75, 3.05) is 6.54 Å². The highest BCUT2D eigenvalue weighted by atomic mass is 35.5. The van der Waals surface area contributed by atoms with Gasteiger partial charge in [-0.2, -0.15) is 0 Å². The van der Waals surface area contributed by atoms with E-state index in [0.717, 1.165) is 18.5 Å². The van der Waals surface area contributed by atoms with Crippen LogP contribution in [0.1, 0.15) is 16.8 Å². The summed E-state index contributed by atoms with van der Waals surface area (Å²) in [6.07, 6.45) is 6.23. The molecule has 0 spiro atoms. The summed E-state index contributed by atoms with van der Waals surface area (Å²) in [5.74, 6) is -0.134. The number of rotatable bonds is 6. The second kappa shape index (κ2) is 8.19. The van der Waals surface area contributed by atoms with Crippen LogP contribution in [0.15, 0.2) is 67.3 Å². The minimum Gasteiger partial charge on any atom is -0.352 e. The fourth-order valence-electron chi connectivity index (χ4n) is 2.94. The van der Waals surface area contributed by atoms with E-state index in [9.17, 15) is 4.79 Å². The predicted octanol–water partition coefficient (Wildman–Crippen LogP) is 3.97. The van der Waals surface area contributed by atoms with Gasteiger partial charge < -0.3 is 9.88 Å². The van der Waals surface area contributed by atoms with Crippen LogP contribution >= 0.6 is 11.6 Å². The Hall–Kier alpha value is -3.25. The summed E-state index contributed by atoms with van der Waals surface area (Å²) < 4.78 is 1.98. The summed E-state index contributed by atoms with van der Waals surface area (Å²) in [4.78, 5) is 25.5. The normalized spacial score (nSPS) is 10.9. The van der Waals surface area contributed by atoms with Crippen LogP contribution in [-0.2, 0) is 6.54 Å². The highest BCUT2D eigenvalue weighted by molar-refractivity contribution is 6.32. The smallest absolute Gasteiger partial charge is 0.251 e. The van der Waals surface area contributed by atoms with Gasteiger partial charge in [0.2, 0.25) is 0 Å². The van der Waals surface area contributed by atoms with Gasteiger partial charge >= 0.3 is 0 Å². The molecule has 1 N–H and O–H groups in total. The van der Waals surface area contributed by atoms with Gasteiger partial charge in [0.25, 0.3) is 5.91 Å². The molecule has 7 heteroatoms. The molecule has 4 aromatic rings. The Kier molecular flexibility index (Phi) is 5.30. The van der Waals surface area contributed by atoms with Crippen LogP contribution in [-0.4, -0.2) is 32.0 Å². The molecule has 4 rings (SSSR count). The largest absolute Gasteiger partial charge is 0.352 e. The summed E-state index contributed by atoms with van der Waals surface area (Å²) >= 11 is 6.31. The lowest BCUT2D eigenvalue weighted by molar-refractivity contribution is 0.0953. The molecule has 0 saturated carbocycles. The first-order valence-corrected chi connectivity index (χ1v) is 9.35. The Bertz CT molecular complexity index is 1100. The van der Waals surface area contributed by atoms with Crippen molar-refractivity contribution in [3.05, 3.63) is 78.0 Å². The van der Waals surface area contributed by atoms with Crippen LogP contribution in [0.2, 0.25) is 5.15 Å². The third kappa shape index (κ3) is 4.02.